The van der Waals surface area contributed by atoms with Gasteiger partial charge in [0.15, 0.2) is 0 Å². The molecule has 1 nitrogen and oxygen atoms in total. The van der Waals surface area contributed by atoms with E-state index in [1.807, 2.05) is 24.3 Å². The fourth-order valence-electron chi connectivity index (χ4n) is 1.12. The third-order valence-corrected chi connectivity index (χ3v) is 3.77. The first-order chi connectivity index (χ1) is 6.83. The molecule has 0 aliphatic heterocycles. The molecule has 14 heavy (non-hydrogen) atoms. The number of aryl methyl sites for hydroxylation is 1. The first kappa shape index (κ1) is 11.2. The Labute approximate surface area is 91.4 Å². The molecule has 1 rings (SSSR count). The summed E-state index contributed by atoms with van der Waals surface area (Å²) >= 11 is 0.108. The van der Waals surface area contributed by atoms with Crippen molar-refractivity contribution in [3.8, 4) is 0 Å². The van der Waals surface area contributed by atoms with Gasteiger partial charge in [-0.2, -0.15) is 0 Å². The van der Waals surface area contributed by atoms with Crippen molar-refractivity contribution in [2.75, 3.05) is 0 Å². The number of hydrogen-bond donors (Lipinski definition) is 0. The van der Waals surface area contributed by atoms with Crippen molar-refractivity contribution >= 4 is 19.6 Å². The number of rotatable bonds is 6. The molecule has 1 aromatic rings. The normalized spacial score (nSPS) is 9.71. The Bertz CT molecular complexity index is 292. The standard InChI is InChI=1S/C12H14OSe/c1-2-10-14-12(13)9-8-11-6-4-3-5-7-11/h2-7H,1,8-10H2. The van der Waals surface area contributed by atoms with Crippen molar-refractivity contribution in [3.05, 3.63) is 48.6 Å². The summed E-state index contributed by atoms with van der Waals surface area (Å²) in [5.41, 5.74) is 1.25. The van der Waals surface area contributed by atoms with Gasteiger partial charge >= 0.3 is 91.1 Å². The van der Waals surface area contributed by atoms with Crippen molar-refractivity contribution in [2.45, 2.75) is 18.2 Å². The van der Waals surface area contributed by atoms with Crippen LogP contribution >= 0.6 is 0 Å². The van der Waals surface area contributed by atoms with Gasteiger partial charge in [0.05, 0.1) is 0 Å². The van der Waals surface area contributed by atoms with E-state index < -0.39 is 0 Å². The van der Waals surface area contributed by atoms with Gasteiger partial charge in [-0.1, -0.05) is 0 Å². The van der Waals surface area contributed by atoms with Gasteiger partial charge < -0.3 is 0 Å². The van der Waals surface area contributed by atoms with Crippen LogP contribution in [0, 0.1) is 0 Å². The zero-order valence-electron chi connectivity index (χ0n) is 8.11. The molecule has 74 valence electrons. The summed E-state index contributed by atoms with van der Waals surface area (Å²) in [5.74, 6) is 0. The van der Waals surface area contributed by atoms with E-state index >= 15 is 0 Å². The van der Waals surface area contributed by atoms with E-state index in [-0.39, 0.29) is 15.0 Å². The Kier molecular flexibility index (Phi) is 5.28. The summed E-state index contributed by atoms with van der Waals surface area (Å²) in [7, 11) is 0. The van der Waals surface area contributed by atoms with Crippen LogP contribution in [-0.4, -0.2) is 19.6 Å². The predicted molar refractivity (Wildman–Crippen MR) is 60.5 cm³/mol. The minimum absolute atomic E-state index is 0.108. The Balaban J connectivity index is 2.27. The average Bonchev–Trinajstić information content (AvgIpc) is 2.25. The molecule has 0 saturated carbocycles. The number of benzene rings is 1. The molecular formula is C12H14OSe. The molecule has 2 heteroatoms. The van der Waals surface area contributed by atoms with Crippen molar-refractivity contribution in [1.82, 2.24) is 0 Å². The fourth-order valence-corrected chi connectivity index (χ4v) is 2.27. The van der Waals surface area contributed by atoms with Gasteiger partial charge in [-0.25, -0.2) is 0 Å². The van der Waals surface area contributed by atoms with Gasteiger partial charge in [0.2, 0.25) is 0 Å². The molecule has 0 heterocycles. The second-order valence-electron chi connectivity index (χ2n) is 2.96. The topological polar surface area (TPSA) is 17.1 Å². The van der Waals surface area contributed by atoms with Gasteiger partial charge in [0, 0.05) is 0 Å². The summed E-state index contributed by atoms with van der Waals surface area (Å²) in [6.07, 6.45) is 3.37. The Hall–Kier alpha value is -0.851. The number of carbonyl (C=O) groups excluding carboxylic acids is 1. The third-order valence-electron chi connectivity index (χ3n) is 1.82. The first-order valence-electron chi connectivity index (χ1n) is 4.63. The van der Waals surface area contributed by atoms with Crippen LogP contribution in [0.3, 0.4) is 0 Å². The minimum atomic E-state index is 0.108. The van der Waals surface area contributed by atoms with E-state index in [9.17, 15) is 4.79 Å². The van der Waals surface area contributed by atoms with Crippen LogP contribution in [0.1, 0.15) is 12.0 Å². The molecule has 0 aliphatic carbocycles. The maximum atomic E-state index is 11.4. The van der Waals surface area contributed by atoms with Gasteiger partial charge in [-0.15, -0.1) is 0 Å². The van der Waals surface area contributed by atoms with Crippen molar-refractivity contribution < 1.29 is 4.79 Å². The van der Waals surface area contributed by atoms with Crippen molar-refractivity contribution in [3.63, 3.8) is 0 Å². The summed E-state index contributed by atoms with van der Waals surface area (Å²) in [5, 5.41) is 0.862. The van der Waals surface area contributed by atoms with Crippen LogP contribution in [-0.2, 0) is 11.2 Å². The van der Waals surface area contributed by atoms with Gasteiger partial charge in [-0.05, 0) is 0 Å². The van der Waals surface area contributed by atoms with Crippen LogP contribution in [0.4, 0.5) is 0 Å². The molecular weight excluding hydrogens is 239 g/mol. The van der Waals surface area contributed by atoms with E-state index in [4.69, 9.17) is 0 Å². The number of allylic oxidation sites excluding steroid dienone is 1. The molecule has 0 bridgehead atoms. The quantitative estimate of drug-likeness (QED) is 0.562. The molecule has 1 aromatic carbocycles. The van der Waals surface area contributed by atoms with Crippen LogP contribution in [0.5, 0.6) is 0 Å². The predicted octanol–water partition coefficient (Wildman–Crippen LogP) is 2.45. The molecule has 0 saturated heterocycles. The molecule has 0 atom stereocenters. The van der Waals surface area contributed by atoms with Gasteiger partial charge in [0.25, 0.3) is 0 Å². The van der Waals surface area contributed by atoms with Crippen LogP contribution in [0.2, 0.25) is 5.32 Å². The number of carbonyl (C=O) groups is 1. The van der Waals surface area contributed by atoms with Gasteiger partial charge in [-0.3, -0.25) is 0 Å². The van der Waals surface area contributed by atoms with Crippen LogP contribution in [0.25, 0.3) is 0 Å². The zero-order valence-corrected chi connectivity index (χ0v) is 9.82. The average molecular weight is 253 g/mol. The molecule has 0 N–H and O–H groups in total. The monoisotopic (exact) mass is 254 g/mol. The van der Waals surface area contributed by atoms with E-state index in [1.165, 1.54) is 5.56 Å². The first-order valence-corrected chi connectivity index (χ1v) is 6.70. The summed E-state index contributed by atoms with van der Waals surface area (Å²) in [4.78, 5) is 11.4. The number of hydrogen-bond acceptors (Lipinski definition) is 1. The Morgan fingerprint density at radius 3 is 2.71 bits per heavy atom. The van der Waals surface area contributed by atoms with E-state index in [1.54, 1.807) is 0 Å². The van der Waals surface area contributed by atoms with E-state index in [2.05, 4.69) is 18.7 Å². The summed E-state index contributed by atoms with van der Waals surface area (Å²) in [6.45, 7) is 3.61. The molecule has 0 aliphatic rings. The molecule has 0 unspecified atom stereocenters. The van der Waals surface area contributed by atoms with Crippen molar-refractivity contribution in [2.24, 2.45) is 0 Å². The fraction of sp³-hybridized carbons (Fsp3) is 0.250. The van der Waals surface area contributed by atoms with Crippen molar-refractivity contribution in [1.29, 1.82) is 0 Å². The van der Waals surface area contributed by atoms with Gasteiger partial charge in [0.1, 0.15) is 0 Å². The van der Waals surface area contributed by atoms with E-state index in [0.29, 0.717) is 11.1 Å². The second-order valence-corrected chi connectivity index (χ2v) is 5.22. The zero-order chi connectivity index (χ0) is 10.2. The maximum absolute atomic E-state index is 11.4. The SMILES string of the molecule is C=CC[Se]C(=O)CCc1ccccc1. The molecule has 0 spiro atoms. The summed E-state index contributed by atoms with van der Waals surface area (Å²) in [6, 6.07) is 10.1. The van der Waals surface area contributed by atoms with Crippen LogP contribution < -0.4 is 0 Å². The Morgan fingerprint density at radius 2 is 2.07 bits per heavy atom. The second kappa shape index (κ2) is 6.58. The van der Waals surface area contributed by atoms with E-state index in [0.717, 1.165) is 11.7 Å². The summed E-state index contributed by atoms with van der Waals surface area (Å²) < 4.78 is 0.390. The molecule has 0 aromatic heterocycles. The molecule has 0 radical (unpaired) electrons. The molecule has 0 amide bonds. The Morgan fingerprint density at radius 1 is 1.36 bits per heavy atom. The molecule has 0 fully saturated rings. The van der Waals surface area contributed by atoms with Crippen LogP contribution in [0.15, 0.2) is 43.0 Å². The third kappa shape index (κ3) is 4.40.